The third-order valence-electron chi connectivity index (χ3n) is 6.71. The molecule has 1 fully saturated rings. The number of methoxy groups -OCH3 is 1. The van der Waals surface area contributed by atoms with Crippen LogP contribution in [0.5, 0.6) is 0 Å². The molecule has 0 saturated carbocycles. The molecule has 6 nitrogen and oxygen atoms in total. The van der Waals surface area contributed by atoms with E-state index in [0.29, 0.717) is 5.92 Å². The van der Waals surface area contributed by atoms with E-state index in [4.69, 9.17) is 19.4 Å². The summed E-state index contributed by atoms with van der Waals surface area (Å²) in [6.45, 7) is 12.4. The minimum atomic E-state index is -0.468. The Morgan fingerprint density at radius 3 is 2.48 bits per heavy atom. The second-order valence-electron chi connectivity index (χ2n) is 10.3. The molecule has 1 heterocycles. The topological polar surface area (TPSA) is 74.2 Å². The zero-order chi connectivity index (χ0) is 23.5. The molecule has 31 heavy (non-hydrogen) atoms. The summed E-state index contributed by atoms with van der Waals surface area (Å²) < 4.78 is 4.80. The van der Waals surface area contributed by atoms with E-state index in [1.165, 1.54) is 12.7 Å². The van der Waals surface area contributed by atoms with Gasteiger partial charge in [-0.15, -0.1) is 0 Å². The molecule has 0 aromatic rings. The highest BCUT2D eigenvalue weighted by molar-refractivity contribution is 5.72. The van der Waals surface area contributed by atoms with Crippen LogP contribution in [0.25, 0.3) is 0 Å². The zero-order valence-electron chi connectivity index (χ0n) is 20.9. The van der Waals surface area contributed by atoms with Crippen LogP contribution in [0.3, 0.4) is 0 Å². The van der Waals surface area contributed by atoms with Crippen LogP contribution in [0, 0.1) is 11.8 Å². The summed E-state index contributed by atoms with van der Waals surface area (Å²) in [6, 6.07) is 0. The SMILES string of the molecule is COC(=O)[C@H](C)[C@@H]1CC[C@@](C)(CCCC(C)CCCC(C)(CCC=C(C)C)OO)OO1. The number of carbonyl (C=O) groups excluding carboxylic acids is 1. The van der Waals surface area contributed by atoms with Crippen molar-refractivity contribution in [1.82, 2.24) is 0 Å². The van der Waals surface area contributed by atoms with Crippen LogP contribution in [-0.4, -0.2) is 35.6 Å². The van der Waals surface area contributed by atoms with Gasteiger partial charge in [0.15, 0.2) is 0 Å². The predicted molar refractivity (Wildman–Crippen MR) is 122 cm³/mol. The van der Waals surface area contributed by atoms with Gasteiger partial charge < -0.3 is 4.74 Å². The van der Waals surface area contributed by atoms with Crippen molar-refractivity contribution in [3.05, 3.63) is 11.6 Å². The fraction of sp³-hybridized carbons (Fsp3) is 0.880. The first kappa shape index (κ1) is 28.1. The van der Waals surface area contributed by atoms with Crippen molar-refractivity contribution in [1.29, 1.82) is 0 Å². The highest BCUT2D eigenvalue weighted by Gasteiger charge is 2.38. The summed E-state index contributed by atoms with van der Waals surface area (Å²) in [5, 5.41) is 9.36. The minimum Gasteiger partial charge on any atom is -0.469 e. The summed E-state index contributed by atoms with van der Waals surface area (Å²) in [4.78, 5) is 27.8. The van der Waals surface area contributed by atoms with Gasteiger partial charge in [0.2, 0.25) is 0 Å². The Bertz CT molecular complexity index is 548. The number of hydrogen-bond acceptors (Lipinski definition) is 6. The molecule has 0 aliphatic carbocycles. The van der Waals surface area contributed by atoms with Crippen molar-refractivity contribution >= 4 is 5.97 Å². The van der Waals surface area contributed by atoms with E-state index in [9.17, 15) is 10.1 Å². The lowest BCUT2D eigenvalue weighted by atomic mass is 9.86. The number of hydrogen-bond donors (Lipinski definition) is 1. The van der Waals surface area contributed by atoms with Crippen molar-refractivity contribution in [3.8, 4) is 0 Å². The first-order valence-corrected chi connectivity index (χ1v) is 11.9. The molecule has 6 heteroatoms. The standard InChI is InChI=1S/C25H46O6/c1-19(2)11-8-15-24(5,30-27)16-9-12-20(3)13-10-17-25(6)18-14-22(29-31-25)21(4)23(26)28-7/h11,20-22,27H,8-10,12-18H2,1-7H3/t20?,21-,22+,24?,25-/m1/s1. The van der Waals surface area contributed by atoms with E-state index in [2.05, 4.69) is 33.8 Å². The van der Waals surface area contributed by atoms with Gasteiger partial charge in [0.1, 0.15) is 17.3 Å². The predicted octanol–water partition coefficient (Wildman–Crippen LogP) is 6.64. The Kier molecular flexibility index (Phi) is 12.3. The van der Waals surface area contributed by atoms with Crippen LogP contribution in [0.15, 0.2) is 11.6 Å². The molecule has 0 amide bonds. The highest BCUT2D eigenvalue weighted by Crippen LogP contribution is 2.34. The molecule has 1 saturated heterocycles. The summed E-state index contributed by atoms with van der Waals surface area (Å²) in [7, 11) is 1.40. The van der Waals surface area contributed by atoms with Crippen LogP contribution < -0.4 is 0 Å². The highest BCUT2D eigenvalue weighted by atomic mass is 17.2. The molecule has 2 unspecified atom stereocenters. The van der Waals surface area contributed by atoms with Gasteiger partial charge in [0.25, 0.3) is 0 Å². The fourth-order valence-electron chi connectivity index (χ4n) is 4.23. The Morgan fingerprint density at radius 2 is 1.94 bits per heavy atom. The second-order valence-corrected chi connectivity index (χ2v) is 10.3. The number of carbonyl (C=O) groups is 1. The largest absolute Gasteiger partial charge is 0.469 e. The molecule has 182 valence electrons. The Balaban J connectivity index is 2.27. The van der Waals surface area contributed by atoms with E-state index in [0.717, 1.165) is 64.2 Å². The van der Waals surface area contributed by atoms with Gasteiger partial charge in [-0.25, -0.2) is 14.7 Å². The number of esters is 1. The molecular weight excluding hydrogens is 396 g/mol. The molecule has 1 N–H and O–H groups in total. The van der Waals surface area contributed by atoms with E-state index < -0.39 is 5.60 Å². The molecule has 1 aliphatic rings. The maximum absolute atomic E-state index is 11.7. The molecule has 5 atom stereocenters. The number of allylic oxidation sites excluding steroid dienone is 2. The third kappa shape index (κ3) is 10.5. The maximum atomic E-state index is 11.7. The molecule has 0 bridgehead atoms. The van der Waals surface area contributed by atoms with Gasteiger partial charge in [-0.3, -0.25) is 10.1 Å². The lowest BCUT2D eigenvalue weighted by Gasteiger charge is -2.37. The van der Waals surface area contributed by atoms with Crippen LogP contribution in [-0.2, 0) is 24.2 Å². The van der Waals surface area contributed by atoms with Crippen molar-refractivity contribution in [2.24, 2.45) is 11.8 Å². The van der Waals surface area contributed by atoms with Gasteiger partial charge >= 0.3 is 5.97 Å². The quantitative estimate of drug-likeness (QED) is 0.141. The van der Waals surface area contributed by atoms with E-state index in [1.54, 1.807) is 0 Å². The fourth-order valence-corrected chi connectivity index (χ4v) is 4.23. The van der Waals surface area contributed by atoms with Crippen LogP contribution in [0.4, 0.5) is 0 Å². The van der Waals surface area contributed by atoms with E-state index in [1.807, 2.05) is 13.8 Å². The van der Waals surface area contributed by atoms with Crippen LogP contribution >= 0.6 is 0 Å². The first-order chi connectivity index (χ1) is 14.5. The van der Waals surface area contributed by atoms with Gasteiger partial charge in [-0.2, -0.15) is 0 Å². The van der Waals surface area contributed by atoms with Crippen molar-refractivity contribution in [3.63, 3.8) is 0 Å². The Labute approximate surface area is 189 Å². The normalized spacial score (nSPS) is 25.4. The molecule has 0 spiro atoms. The summed E-state index contributed by atoms with van der Waals surface area (Å²) in [5.74, 6) is 0.0387. The smallest absolute Gasteiger partial charge is 0.311 e. The zero-order valence-corrected chi connectivity index (χ0v) is 20.9. The molecule has 0 aromatic heterocycles. The Morgan fingerprint density at radius 1 is 1.26 bits per heavy atom. The second kappa shape index (κ2) is 13.6. The molecule has 1 rings (SSSR count). The summed E-state index contributed by atoms with van der Waals surface area (Å²) in [6.07, 6.45) is 11.6. The van der Waals surface area contributed by atoms with Gasteiger partial charge in [-0.1, -0.05) is 44.3 Å². The van der Waals surface area contributed by atoms with E-state index >= 15 is 0 Å². The number of rotatable bonds is 14. The summed E-state index contributed by atoms with van der Waals surface area (Å²) >= 11 is 0. The van der Waals surface area contributed by atoms with Gasteiger partial charge in [-0.05, 0) is 79.1 Å². The first-order valence-electron chi connectivity index (χ1n) is 11.9. The lowest BCUT2D eigenvalue weighted by molar-refractivity contribution is -0.411. The Hall–Kier alpha value is -0.950. The molecule has 1 aliphatic heterocycles. The molecule has 0 aromatic carbocycles. The monoisotopic (exact) mass is 442 g/mol. The lowest BCUT2D eigenvalue weighted by Crippen LogP contribution is -2.41. The average molecular weight is 443 g/mol. The van der Waals surface area contributed by atoms with Gasteiger partial charge in [0, 0.05) is 0 Å². The van der Waals surface area contributed by atoms with E-state index in [-0.39, 0.29) is 23.6 Å². The van der Waals surface area contributed by atoms with Gasteiger partial charge in [0.05, 0.1) is 13.0 Å². The maximum Gasteiger partial charge on any atom is 0.311 e. The number of ether oxygens (including phenoxy) is 1. The third-order valence-corrected chi connectivity index (χ3v) is 6.71. The average Bonchev–Trinajstić information content (AvgIpc) is 2.72. The van der Waals surface area contributed by atoms with Crippen molar-refractivity contribution in [2.45, 2.75) is 123 Å². The molecule has 0 radical (unpaired) electrons. The van der Waals surface area contributed by atoms with Crippen LogP contribution in [0.2, 0.25) is 0 Å². The van der Waals surface area contributed by atoms with Crippen molar-refractivity contribution < 1.29 is 29.5 Å². The summed E-state index contributed by atoms with van der Waals surface area (Å²) in [5.41, 5.74) is 0.536. The molecular formula is C25H46O6. The van der Waals surface area contributed by atoms with Crippen LogP contribution in [0.1, 0.15) is 106 Å². The minimum absolute atomic E-state index is 0.237. The van der Waals surface area contributed by atoms with Crippen molar-refractivity contribution in [2.75, 3.05) is 7.11 Å².